The summed E-state index contributed by atoms with van der Waals surface area (Å²) in [6.45, 7) is 2.17. The van der Waals surface area contributed by atoms with Gasteiger partial charge in [-0.05, 0) is 25.0 Å². The lowest BCUT2D eigenvalue weighted by molar-refractivity contribution is -0.113. The van der Waals surface area contributed by atoms with Gasteiger partial charge in [0.25, 0.3) is 0 Å². The molecule has 2 rings (SSSR count). The summed E-state index contributed by atoms with van der Waals surface area (Å²) in [4.78, 5) is 17.7. The Balaban J connectivity index is 2.01. The van der Waals surface area contributed by atoms with Crippen molar-refractivity contribution in [3.8, 4) is 0 Å². The lowest BCUT2D eigenvalue weighted by Crippen LogP contribution is -2.19. The predicted octanol–water partition coefficient (Wildman–Crippen LogP) is 2.02. The molecule has 1 fully saturated rings. The summed E-state index contributed by atoms with van der Waals surface area (Å²) in [6, 6.07) is 3.84. The van der Waals surface area contributed by atoms with Crippen LogP contribution in [-0.2, 0) is 4.79 Å². The lowest BCUT2D eigenvalue weighted by Gasteiger charge is -2.16. The molecule has 1 aliphatic rings. The molecular weight excluding hydrogens is 270 g/mol. The van der Waals surface area contributed by atoms with Crippen LogP contribution >= 0.6 is 15.9 Å². The summed E-state index contributed by atoms with van der Waals surface area (Å²) in [5.74, 6) is 0.935. The highest BCUT2D eigenvalue weighted by Gasteiger charge is 2.13. The van der Waals surface area contributed by atoms with Gasteiger partial charge in [-0.1, -0.05) is 15.9 Å². The van der Waals surface area contributed by atoms with Crippen LogP contribution in [0.2, 0.25) is 0 Å². The normalized spacial score (nSPS) is 15.2. The molecule has 0 aliphatic carbocycles. The highest BCUT2D eigenvalue weighted by molar-refractivity contribution is 9.09. The Kier molecular flexibility index (Phi) is 3.77. The molecule has 0 aromatic carbocycles. The number of aromatic nitrogens is 1. The number of hydrogen-bond acceptors (Lipinski definition) is 3. The number of nitrogens with zero attached hydrogens (tertiary/aromatic N) is 2. The van der Waals surface area contributed by atoms with E-state index in [1.165, 1.54) is 12.8 Å². The predicted molar refractivity (Wildman–Crippen MR) is 68.1 cm³/mol. The lowest BCUT2D eigenvalue weighted by atomic mass is 10.4. The van der Waals surface area contributed by atoms with Gasteiger partial charge in [-0.3, -0.25) is 4.79 Å². The number of hydrogen-bond donors (Lipinski definition) is 1. The van der Waals surface area contributed by atoms with E-state index in [1.807, 2.05) is 12.1 Å². The molecule has 1 amide bonds. The first kappa shape index (κ1) is 11.4. The molecule has 16 heavy (non-hydrogen) atoms. The molecule has 0 atom stereocenters. The van der Waals surface area contributed by atoms with Crippen LogP contribution in [0.5, 0.6) is 0 Å². The number of carbonyl (C=O) groups excluding carboxylic acids is 1. The number of rotatable bonds is 3. The fourth-order valence-electron chi connectivity index (χ4n) is 1.79. The molecule has 1 N–H and O–H groups in total. The first-order valence-corrected chi connectivity index (χ1v) is 6.48. The number of alkyl halides is 1. The van der Waals surface area contributed by atoms with Gasteiger partial charge in [-0.25, -0.2) is 4.98 Å². The Morgan fingerprint density at radius 2 is 2.19 bits per heavy atom. The molecule has 0 unspecified atom stereocenters. The quantitative estimate of drug-likeness (QED) is 0.864. The molecule has 0 bridgehead atoms. The van der Waals surface area contributed by atoms with E-state index in [9.17, 15) is 4.79 Å². The average molecular weight is 284 g/mol. The summed E-state index contributed by atoms with van der Waals surface area (Å²) >= 11 is 3.10. The average Bonchev–Trinajstić information content (AvgIpc) is 2.83. The largest absolute Gasteiger partial charge is 0.357 e. The Morgan fingerprint density at radius 3 is 2.75 bits per heavy atom. The molecule has 0 saturated carbocycles. The molecule has 1 aromatic heterocycles. The van der Waals surface area contributed by atoms with E-state index in [1.54, 1.807) is 6.20 Å². The van der Waals surface area contributed by atoms with E-state index in [-0.39, 0.29) is 5.91 Å². The maximum atomic E-state index is 11.1. The molecule has 1 aromatic rings. The standard InChI is InChI=1S/C11H14BrN3O/c12-7-11(16)14-9-3-4-10(13-8-9)15-5-1-2-6-15/h3-4,8H,1-2,5-7H2,(H,14,16). The van der Waals surface area contributed by atoms with Crippen LogP contribution in [0.1, 0.15) is 12.8 Å². The molecule has 1 aliphatic heterocycles. The van der Waals surface area contributed by atoms with E-state index in [0.717, 1.165) is 24.6 Å². The first-order valence-electron chi connectivity index (χ1n) is 5.36. The number of carbonyl (C=O) groups is 1. The van der Waals surface area contributed by atoms with Crippen LogP contribution in [0, 0.1) is 0 Å². The van der Waals surface area contributed by atoms with Gasteiger partial charge >= 0.3 is 0 Å². The Morgan fingerprint density at radius 1 is 1.44 bits per heavy atom. The Labute approximate surface area is 103 Å². The summed E-state index contributed by atoms with van der Waals surface area (Å²) in [5.41, 5.74) is 0.743. The second kappa shape index (κ2) is 5.30. The minimum atomic E-state index is -0.0595. The van der Waals surface area contributed by atoms with Gasteiger partial charge in [0.2, 0.25) is 5.91 Å². The smallest absolute Gasteiger partial charge is 0.235 e. The van der Waals surface area contributed by atoms with Crippen LogP contribution in [0.3, 0.4) is 0 Å². The van der Waals surface area contributed by atoms with Crippen molar-refractivity contribution in [3.05, 3.63) is 18.3 Å². The number of halogens is 1. The number of pyridine rings is 1. The van der Waals surface area contributed by atoms with E-state index in [2.05, 4.69) is 31.1 Å². The molecule has 1 saturated heterocycles. The summed E-state index contributed by atoms with van der Waals surface area (Å²) in [7, 11) is 0. The highest BCUT2D eigenvalue weighted by atomic mass is 79.9. The Hall–Kier alpha value is -1.10. The Bertz CT molecular complexity index is 360. The fraction of sp³-hybridized carbons (Fsp3) is 0.455. The van der Waals surface area contributed by atoms with E-state index in [0.29, 0.717) is 5.33 Å². The monoisotopic (exact) mass is 283 g/mol. The molecular formula is C11H14BrN3O. The summed E-state index contributed by atoms with van der Waals surface area (Å²) in [6.07, 6.45) is 4.18. The van der Waals surface area contributed by atoms with E-state index in [4.69, 9.17) is 0 Å². The van der Waals surface area contributed by atoms with Gasteiger partial charge in [0.05, 0.1) is 17.2 Å². The second-order valence-electron chi connectivity index (χ2n) is 3.78. The van der Waals surface area contributed by atoms with Crippen LogP contribution in [-0.4, -0.2) is 29.3 Å². The molecule has 2 heterocycles. The van der Waals surface area contributed by atoms with Crippen molar-refractivity contribution in [2.24, 2.45) is 0 Å². The third kappa shape index (κ3) is 2.72. The van der Waals surface area contributed by atoms with Crippen molar-refractivity contribution in [1.82, 2.24) is 4.98 Å². The number of amides is 1. The molecule has 86 valence electrons. The SMILES string of the molecule is O=C(CBr)Nc1ccc(N2CCCC2)nc1. The van der Waals surface area contributed by atoms with Gasteiger partial charge < -0.3 is 10.2 Å². The zero-order valence-corrected chi connectivity index (χ0v) is 10.5. The van der Waals surface area contributed by atoms with Gasteiger partial charge in [0.1, 0.15) is 5.82 Å². The van der Waals surface area contributed by atoms with Gasteiger partial charge in [0.15, 0.2) is 0 Å². The highest BCUT2D eigenvalue weighted by Crippen LogP contribution is 2.18. The maximum absolute atomic E-state index is 11.1. The van der Waals surface area contributed by atoms with Crippen molar-refractivity contribution in [3.63, 3.8) is 0 Å². The number of anilines is 2. The third-order valence-electron chi connectivity index (χ3n) is 2.58. The fourth-order valence-corrected chi connectivity index (χ4v) is 1.93. The minimum absolute atomic E-state index is 0.0595. The van der Waals surface area contributed by atoms with Gasteiger partial charge in [-0.15, -0.1) is 0 Å². The van der Waals surface area contributed by atoms with E-state index >= 15 is 0 Å². The zero-order valence-electron chi connectivity index (χ0n) is 8.95. The minimum Gasteiger partial charge on any atom is -0.357 e. The second-order valence-corrected chi connectivity index (χ2v) is 4.34. The zero-order chi connectivity index (χ0) is 11.4. The molecule has 0 spiro atoms. The van der Waals surface area contributed by atoms with Gasteiger partial charge in [0, 0.05) is 13.1 Å². The van der Waals surface area contributed by atoms with Crippen molar-refractivity contribution >= 4 is 33.3 Å². The summed E-state index contributed by atoms with van der Waals surface area (Å²) in [5, 5.41) is 3.05. The molecule has 4 nitrogen and oxygen atoms in total. The first-order chi connectivity index (χ1) is 7.79. The van der Waals surface area contributed by atoms with E-state index < -0.39 is 0 Å². The topological polar surface area (TPSA) is 45.2 Å². The van der Waals surface area contributed by atoms with Gasteiger partial charge in [-0.2, -0.15) is 0 Å². The van der Waals surface area contributed by atoms with Crippen LogP contribution in [0.25, 0.3) is 0 Å². The van der Waals surface area contributed by atoms with Crippen molar-refractivity contribution in [2.75, 3.05) is 28.6 Å². The van der Waals surface area contributed by atoms with Crippen LogP contribution < -0.4 is 10.2 Å². The van der Waals surface area contributed by atoms with Crippen LogP contribution in [0.4, 0.5) is 11.5 Å². The van der Waals surface area contributed by atoms with Crippen molar-refractivity contribution in [1.29, 1.82) is 0 Å². The van der Waals surface area contributed by atoms with Crippen molar-refractivity contribution in [2.45, 2.75) is 12.8 Å². The third-order valence-corrected chi connectivity index (χ3v) is 3.09. The maximum Gasteiger partial charge on any atom is 0.235 e. The molecule has 5 heteroatoms. The molecule has 0 radical (unpaired) electrons. The summed E-state index contributed by atoms with van der Waals surface area (Å²) < 4.78 is 0. The van der Waals surface area contributed by atoms with Crippen molar-refractivity contribution < 1.29 is 4.79 Å². The number of nitrogens with one attached hydrogen (secondary N) is 1. The van der Waals surface area contributed by atoms with Crippen LogP contribution in [0.15, 0.2) is 18.3 Å².